The summed E-state index contributed by atoms with van der Waals surface area (Å²) in [6.07, 6.45) is 0. The summed E-state index contributed by atoms with van der Waals surface area (Å²) in [5, 5.41) is 0.471. The topological polar surface area (TPSA) is 0 Å². The standard InChI is InChI=1S/C14H9Cl4F/c1-7-5-9(11(16)6-12(7)19)13(17)8-3-2-4-10(15)14(8)18/h2-6,13H,1H3. The van der Waals surface area contributed by atoms with Gasteiger partial charge in [-0.1, -0.05) is 46.9 Å². The van der Waals surface area contributed by atoms with E-state index in [-0.39, 0.29) is 10.8 Å². The van der Waals surface area contributed by atoms with Gasteiger partial charge in [0.05, 0.1) is 15.4 Å². The molecule has 0 amide bonds. The molecule has 0 heterocycles. The van der Waals surface area contributed by atoms with E-state index in [9.17, 15) is 4.39 Å². The lowest BCUT2D eigenvalue weighted by Gasteiger charge is -2.15. The van der Waals surface area contributed by atoms with Crippen LogP contribution >= 0.6 is 46.4 Å². The third kappa shape index (κ3) is 3.00. The van der Waals surface area contributed by atoms with E-state index >= 15 is 0 Å². The van der Waals surface area contributed by atoms with Crippen molar-refractivity contribution in [2.24, 2.45) is 0 Å². The van der Waals surface area contributed by atoms with Crippen LogP contribution in [-0.2, 0) is 0 Å². The van der Waals surface area contributed by atoms with Crippen LogP contribution in [0.3, 0.4) is 0 Å². The van der Waals surface area contributed by atoms with Crippen LogP contribution in [0, 0.1) is 12.7 Å². The largest absolute Gasteiger partial charge is 0.207 e. The van der Waals surface area contributed by atoms with E-state index < -0.39 is 5.38 Å². The minimum Gasteiger partial charge on any atom is -0.207 e. The molecule has 100 valence electrons. The van der Waals surface area contributed by atoms with Crippen molar-refractivity contribution in [2.45, 2.75) is 12.3 Å². The molecule has 0 saturated carbocycles. The van der Waals surface area contributed by atoms with Crippen molar-refractivity contribution in [2.75, 3.05) is 0 Å². The number of aryl methyl sites for hydroxylation is 1. The zero-order chi connectivity index (χ0) is 14.2. The van der Waals surface area contributed by atoms with E-state index in [4.69, 9.17) is 46.4 Å². The van der Waals surface area contributed by atoms with Crippen LogP contribution in [0.5, 0.6) is 0 Å². The van der Waals surface area contributed by atoms with Crippen LogP contribution in [0.2, 0.25) is 15.1 Å². The summed E-state index contributed by atoms with van der Waals surface area (Å²) < 4.78 is 13.4. The average Bonchev–Trinajstić information content (AvgIpc) is 2.36. The summed E-state index contributed by atoms with van der Waals surface area (Å²) in [7, 11) is 0. The highest BCUT2D eigenvalue weighted by atomic mass is 35.5. The summed E-state index contributed by atoms with van der Waals surface area (Å²) in [6.45, 7) is 1.65. The summed E-state index contributed by atoms with van der Waals surface area (Å²) in [5.41, 5.74) is 1.72. The first kappa shape index (κ1) is 14.9. The monoisotopic (exact) mass is 336 g/mol. The maximum absolute atomic E-state index is 13.4. The molecule has 0 aromatic heterocycles. The van der Waals surface area contributed by atoms with Crippen molar-refractivity contribution >= 4 is 46.4 Å². The molecular weight excluding hydrogens is 329 g/mol. The Kier molecular flexibility index (Phi) is 4.62. The molecule has 2 rings (SSSR count). The maximum atomic E-state index is 13.4. The first-order chi connectivity index (χ1) is 8.91. The molecule has 19 heavy (non-hydrogen) atoms. The smallest absolute Gasteiger partial charge is 0.127 e. The lowest BCUT2D eigenvalue weighted by atomic mass is 10.0. The number of benzene rings is 2. The molecule has 0 radical (unpaired) electrons. The van der Waals surface area contributed by atoms with Crippen molar-refractivity contribution in [3.05, 3.63) is 67.9 Å². The van der Waals surface area contributed by atoms with Gasteiger partial charge in [-0.2, -0.15) is 0 Å². The van der Waals surface area contributed by atoms with Crippen LogP contribution < -0.4 is 0 Å². The molecule has 2 aromatic rings. The zero-order valence-electron chi connectivity index (χ0n) is 9.85. The maximum Gasteiger partial charge on any atom is 0.127 e. The van der Waals surface area contributed by atoms with E-state index in [2.05, 4.69) is 0 Å². The Bertz CT molecular complexity index is 625. The van der Waals surface area contributed by atoms with Gasteiger partial charge in [0.2, 0.25) is 0 Å². The minimum atomic E-state index is -0.585. The van der Waals surface area contributed by atoms with Gasteiger partial charge in [0.1, 0.15) is 5.82 Å². The number of hydrogen-bond acceptors (Lipinski definition) is 0. The molecule has 1 unspecified atom stereocenters. The van der Waals surface area contributed by atoms with Crippen molar-refractivity contribution in [3.63, 3.8) is 0 Å². The molecule has 0 aliphatic heterocycles. The van der Waals surface area contributed by atoms with E-state index in [0.29, 0.717) is 26.7 Å². The lowest BCUT2D eigenvalue weighted by Crippen LogP contribution is -1.98. The van der Waals surface area contributed by atoms with Gasteiger partial charge in [0.25, 0.3) is 0 Å². The van der Waals surface area contributed by atoms with Gasteiger partial charge in [0.15, 0.2) is 0 Å². The molecule has 0 fully saturated rings. The Hall–Kier alpha value is -0.470. The number of halogens is 5. The first-order valence-corrected chi connectivity index (χ1v) is 7.02. The highest BCUT2D eigenvalue weighted by molar-refractivity contribution is 6.43. The summed E-state index contributed by atoms with van der Waals surface area (Å²) >= 11 is 24.5. The predicted molar refractivity (Wildman–Crippen MR) is 80.3 cm³/mol. The van der Waals surface area contributed by atoms with E-state index in [1.165, 1.54) is 6.07 Å². The quantitative estimate of drug-likeness (QED) is 0.554. The van der Waals surface area contributed by atoms with Gasteiger partial charge in [-0.05, 0) is 41.8 Å². The third-order valence-electron chi connectivity index (χ3n) is 2.81. The number of alkyl halides is 1. The van der Waals surface area contributed by atoms with Crippen molar-refractivity contribution in [1.29, 1.82) is 0 Å². The van der Waals surface area contributed by atoms with Crippen LogP contribution in [-0.4, -0.2) is 0 Å². The first-order valence-electron chi connectivity index (χ1n) is 5.45. The Labute approximate surface area is 131 Å². The fourth-order valence-corrected chi connectivity index (χ4v) is 2.91. The molecule has 2 aromatic carbocycles. The van der Waals surface area contributed by atoms with Gasteiger partial charge in [-0.3, -0.25) is 0 Å². The second-order valence-electron chi connectivity index (χ2n) is 4.13. The number of rotatable bonds is 2. The van der Waals surface area contributed by atoms with Crippen LogP contribution in [0.25, 0.3) is 0 Å². The molecule has 0 saturated heterocycles. The molecule has 0 aliphatic carbocycles. The number of hydrogen-bond donors (Lipinski definition) is 0. The molecule has 0 nitrogen and oxygen atoms in total. The highest BCUT2D eigenvalue weighted by Crippen LogP contribution is 2.40. The van der Waals surface area contributed by atoms with Crippen molar-refractivity contribution < 1.29 is 4.39 Å². The predicted octanol–water partition coefficient (Wildman–Crippen LogP) is 6.42. The fraction of sp³-hybridized carbons (Fsp3) is 0.143. The van der Waals surface area contributed by atoms with Gasteiger partial charge in [-0.25, -0.2) is 4.39 Å². The summed E-state index contributed by atoms with van der Waals surface area (Å²) in [4.78, 5) is 0. The van der Waals surface area contributed by atoms with Gasteiger partial charge >= 0.3 is 0 Å². The molecular formula is C14H9Cl4F. The third-order valence-corrected chi connectivity index (χ3v) is 4.44. The SMILES string of the molecule is Cc1cc(C(Cl)c2cccc(Cl)c2Cl)c(Cl)cc1F. The van der Waals surface area contributed by atoms with Crippen LogP contribution in [0.4, 0.5) is 4.39 Å². The Morgan fingerprint density at radius 3 is 2.37 bits per heavy atom. The molecule has 0 N–H and O–H groups in total. The molecule has 0 aliphatic rings. The second-order valence-corrected chi connectivity index (χ2v) is 5.76. The van der Waals surface area contributed by atoms with Crippen LogP contribution in [0.15, 0.2) is 30.3 Å². The van der Waals surface area contributed by atoms with E-state index in [1.807, 2.05) is 0 Å². The fourth-order valence-electron chi connectivity index (χ4n) is 1.76. The second kappa shape index (κ2) is 5.88. The summed E-state index contributed by atoms with van der Waals surface area (Å²) in [5.74, 6) is -0.366. The van der Waals surface area contributed by atoms with Crippen LogP contribution in [0.1, 0.15) is 22.1 Å². The molecule has 0 bridgehead atoms. The van der Waals surface area contributed by atoms with Crippen molar-refractivity contribution in [3.8, 4) is 0 Å². The van der Waals surface area contributed by atoms with Gasteiger partial charge in [-0.15, -0.1) is 11.6 Å². The van der Waals surface area contributed by atoms with Crippen molar-refractivity contribution in [1.82, 2.24) is 0 Å². The van der Waals surface area contributed by atoms with Gasteiger partial charge < -0.3 is 0 Å². The highest BCUT2D eigenvalue weighted by Gasteiger charge is 2.19. The zero-order valence-corrected chi connectivity index (χ0v) is 12.9. The molecule has 1 atom stereocenters. The van der Waals surface area contributed by atoms with Gasteiger partial charge in [0, 0.05) is 5.02 Å². The van der Waals surface area contributed by atoms with E-state index in [0.717, 1.165) is 0 Å². The Morgan fingerprint density at radius 1 is 1.00 bits per heavy atom. The Morgan fingerprint density at radius 2 is 1.68 bits per heavy atom. The molecule has 5 heteroatoms. The molecule has 0 spiro atoms. The summed E-state index contributed by atoms with van der Waals surface area (Å²) in [6, 6.07) is 8.06. The average molecular weight is 338 g/mol. The van der Waals surface area contributed by atoms with E-state index in [1.54, 1.807) is 31.2 Å². The normalized spacial score (nSPS) is 12.5. The lowest BCUT2D eigenvalue weighted by molar-refractivity contribution is 0.618. The Balaban J connectivity index is 2.53. The minimum absolute atomic E-state index is 0.263.